The van der Waals surface area contributed by atoms with Crippen molar-refractivity contribution in [3.8, 4) is 22.8 Å². The van der Waals surface area contributed by atoms with Gasteiger partial charge >= 0.3 is 11.3 Å². The highest BCUT2D eigenvalue weighted by molar-refractivity contribution is 7.98. The van der Waals surface area contributed by atoms with Gasteiger partial charge in [-0.15, -0.1) is 0 Å². The van der Waals surface area contributed by atoms with Crippen LogP contribution in [0.4, 0.5) is 5.69 Å². The Balaban J connectivity index is 1.86. The summed E-state index contributed by atoms with van der Waals surface area (Å²) in [6.07, 6.45) is 1.04. The first-order valence-electron chi connectivity index (χ1n) is 9.08. The molecule has 0 bridgehead atoms. The summed E-state index contributed by atoms with van der Waals surface area (Å²) in [4.78, 5) is 30.2. The van der Waals surface area contributed by atoms with Gasteiger partial charge in [0.15, 0.2) is 11.5 Å². The number of ether oxygens (including phenoxy) is 2. The molecular formula is C20H16ClN4O4S+. The number of thioether (sulfide) groups is 1. The fourth-order valence-electron chi connectivity index (χ4n) is 3.82. The number of hydrogen-bond acceptors (Lipinski definition) is 6. The van der Waals surface area contributed by atoms with Gasteiger partial charge in [-0.25, -0.2) is 4.90 Å². The van der Waals surface area contributed by atoms with Gasteiger partial charge in [-0.05, 0) is 29.1 Å². The molecular weight excluding hydrogens is 428 g/mol. The minimum atomic E-state index is -0.775. The molecule has 2 aliphatic heterocycles. The van der Waals surface area contributed by atoms with E-state index in [0.717, 1.165) is 0 Å². The van der Waals surface area contributed by atoms with Crippen LogP contribution in [0.1, 0.15) is 18.7 Å². The number of nitrogens with one attached hydrogen (secondary N) is 1. The van der Waals surface area contributed by atoms with E-state index in [0.29, 0.717) is 44.2 Å². The maximum atomic E-state index is 13.0. The van der Waals surface area contributed by atoms with Crippen LogP contribution in [0, 0.1) is 0 Å². The average Bonchev–Trinajstić information content (AvgIpc) is 3.18. The first-order valence-corrected chi connectivity index (χ1v) is 10.7. The number of halogens is 1. The predicted octanol–water partition coefficient (Wildman–Crippen LogP) is 2.74. The van der Waals surface area contributed by atoms with Gasteiger partial charge in [-0.1, -0.05) is 35.5 Å². The molecule has 3 aromatic rings. The highest BCUT2D eigenvalue weighted by Gasteiger charge is 2.46. The third kappa shape index (κ3) is 2.77. The molecule has 0 radical (unpaired) electrons. The lowest BCUT2D eigenvalue weighted by Gasteiger charge is -2.31. The lowest BCUT2D eigenvalue weighted by atomic mass is 10.0. The predicted molar refractivity (Wildman–Crippen MR) is 111 cm³/mol. The van der Waals surface area contributed by atoms with E-state index >= 15 is 0 Å². The number of hydrogen-bond donors (Lipinski definition) is 1. The summed E-state index contributed by atoms with van der Waals surface area (Å²) in [5.74, 6) is 0.837. The molecule has 3 heterocycles. The number of fused-ring (bicyclic) bond motifs is 4. The van der Waals surface area contributed by atoms with Crippen molar-refractivity contribution in [3.05, 3.63) is 57.3 Å². The Kier molecular flexibility index (Phi) is 4.44. The van der Waals surface area contributed by atoms with Crippen LogP contribution in [0.15, 0.2) is 46.3 Å². The number of carbonyl (C=O) groups is 1. The summed E-state index contributed by atoms with van der Waals surface area (Å²) in [5.41, 5.74) is 1.84. The number of anilines is 1. The highest BCUT2D eigenvalue weighted by atomic mass is 35.5. The van der Waals surface area contributed by atoms with Crippen LogP contribution in [-0.4, -0.2) is 29.0 Å². The summed E-state index contributed by atoms with van der Waals surface area (Å²) in [6.45, 7) is 1.57. The maximum Gasteiger partial charge on any atom is 0.325 e. The van der Waals surface area contributed by atoms with Crippen molar-refractivity contribution in [2.45, 2.75) is 18.2 Å². The van der Waals surface area contributed by atoms with Crippen LogP contribution in [0.5, 0.6) is 11.5 Å². The van der Waals surface area contributed by atoms with Crippen molar-refractivity contribution in [1.82, 2.24) is 10.1 Å². The molecule has 1 unspecified atom stereocenters. The van der Waals surface area contributed by atoms with Crippen molar-refractivity contribution >= 4 is 35.0 Å². The summed E-state index contributed by atoms with van der Waals surface area (Å²) in [7, 11) is 0. The Morgan fingerprint density at radius 1 is 1.30 bits per heavy atom. The molecule has 0 saturated heterocycles. The summed E-state index contributed by atoms with van der Waals surface area (Å²) in [6, 6.07) is 10.6. The summed E-state index contributed by atoms with van der Waals surface area (Å²) < 4.78 is 12.5. The van der Waals surface area contributed by atoms with Gasteiger partial charge in [0, 0.05) is 18.1 Å². The molecule has 5 rings (SSSR count). The second-order valence-electron chi connectivity index (χ2n) is 6.76. The quantitative estimate of drug-likeness (QED) is 0.484. The largest absolute Gasteiger partial charge is 0.454 e. The van der Waals surface area contributed by atoms with Gasteiger partial charge in [-0.2, -0.15) is 0 Å². The van der Waals surface area contributed by atoms with E-state index in [1.54, 1.807) is 33.8 Å². The molecule has 0 fully saturated rings. The van der Waals surface area contributed by atoms with Gasteiger partial charge in [0.05, 0.1) is 21.8 Å². The molecule has 0 spiro atoms. The number of aromatic amines is 1. The molecule has 2 aliphatic rings. The maximum absolute atomic E-state index is 13.0. The number of benzene rings is 2. The van der Waals surface area contributed by atoms with Crippen molar-refractivity contribution in [1.29, 1.82) is 0 Å². The zero-order valence-electron chi connectivity index (χ0n) is 16.0. The van der Waals surface area contributed by atoms with Crippen LogP contribution >= 0.6 is 23.4 Å². The smallest absolute Gasteiger partial charge is 0.325 e. The van der Waals surface area contributed by atoms with Crippen molar-refractivity contribution in [3.63, 3.8) is 0 Å². The number of aromatic nitrogens is 3. The molecule has 8 nitrogen and oxygen atoms in total. The van der Waals surface area contributed by atoms with E-state index < -0.39 is 6.17 Å². The highest BCUT2D eigenvalue weighted by Crippen LogP contribution is 2.43. The van der Waals surface area contributed by atoms with Gasteiger partial charge < -0.3 is 9.47 Å². The lowest BCUT2D eigenvalue weighted by molar-refractivity contribution is -0.763. The fourth-order valence-corrected chi connectivity index (χ4v) is 4.43. The van der Waals surface area contributed by atoms with E-state index in [1.165, 1.54) is 18.7 Å². The lowest BCUT2D eigenvalue weighted by Crippen LogP contribution is -2.60. The monoisotopic (exact) mass is 443 g/mol. The first kappa shape index (κ1) is 19.0. The third-order valence-electron chi connectivity index (χ3n) is 5.06. The van der Waals surface area contributed by atoms with Crippen LogP contribution in [-0.2, 0) is 4.79 Å². The van der Waals surface area contributed by atoms with E-state index in [-0.39, 0.29) is 18.3 Å². The molecule has 1 aromatic heterocycles. The molecule has 1 atom stereocenters. The van der Waals surface area contributed by atoms with Crippen LogP contribution in [0.2, 0.25) is 5.02 Å². The van der Waals surface area contributed by atoms with E-state index in [1.807, 2.05) is 18.4 Å². The topological polar surface area (TPSA) is 88.4 Å². The van der Waals surface area contributed by atoms with Crippen molar-refractivity contribution in [2.75, 3.05) is 17.9 Å². The summed E-state index contributed by atoms with van der Waals surface area (Å²) >= 11 is 7.91. The number of H-pyrrole nitrogens is 1. The Morgan fingerprint density at radius 2 is 2.03 bits per heavy atom. The van der Waals surface area contributed by atoms with Crippen LogP contribution < -0.4 is 24.6 Å². The minimum absolute atomic E-state index is 0.0946. The molecule has 0 aliphatic carbocycles. The summed E-state index contributed by atoms with van der Waals surface area (Å²) in [5, 5.41) is 5.42. The Labute approximate surface area is 180 Å². The SMILES string of the molecule is CSc1n[n+]2c(c(=O)[nH]1)-c1ccccc1N(C(C)=O)C2c1cc2c(cc1Cl)OCO2. The Bertz CT molecular complexity index is 1260. The van der Waals surface area contributed by atoms with E-state index in [4.69, 9.17) is 21.1 Å². The second kappa shape index (κ2) is 7.03. The Hall–Kier alpha value is -3.04. The molecule has 152 valence electrons. The van der Waals surface area contributed by atoms with Gasteiger partial charge in [-0.3, -0.25) is 14.6 Å². The van der Waals surface area contributed by atoms with E-state index in [9.17, 15) is 9.59 Å². The number of rotatable bonds is 2. The Morgan fingerprint density at radius 3 is 2.77 bits per heavy atom. The zero-order chi connectivity index (χ0) is 21.0. The molecule has 10 heteroatoms. The molecule has 30 heavy (non-hydrogen) atoms. The molecule has 1 amide bonds. The second-order valence-corrected chi connectivity index (χ2v) is 7.97. The number of amides is 1. The van der Waals surface area contributed by atoms with Gasteiger partial charge in [0.2, 0.25) is 17.9 Å². The fraction of sp³-hybridized carbons (Fsp3) is 0.200. The average molecular weight is 444 g/mol. The van der Waals surface area contributed by atoms with Gasteiger partial charge in [0.1, 0.15) is 0 Å². The normalized spacial score (nSPS) is 16.2. The van der Waals surface area contributed by atoms with Crippen molar-refractivity contribution in [2.24, 2.45) is 0 Å². The number of carbonyl (C=O) groups excluding carboxylic acids is 1. The zero-order valence-corrected chi connectivity index (χ0v) is 17.6. The van der Waals surface area contributed by atoms with Crippen LogP contribution in [0.25, 0.3) is 11.3 Å². The standard InChI is InChI=1S/C20H15ClN4O4S/c1-10(26)24-14-6-4-3-5-11(14)17-18(27)22-20(30-2)23-25(17)19(24)12-7-15-16(8-13(12)21)29-9-28-15/h3-8,19H,9H2,1-2H3/p+1. The molecule has 2 aromatic carbocycles. The van der Waals surface area contributed by atoms with Crippen molar-refractivity contribution < 1.29 is 19.0 Å². The van der Waals surface area contributed by atoms with Gasteiger partial charge in [0.25, 0.3) is 6.17 Å². The molecule has 1 N–H and O–H groups in total. The molecule has 0 saturated carbocycles. The third-order valence-corrected chi connectivity index (χ3v) is 5.96. The number of nitrogens with zero attached hydrogens (tertiary/aromatic N) is 3. The van der Waals surface area contributed by atoms with Crippen LogP contribution in [0.3, 0.4) is 0 Å². The number of para-hydroxylation sites is 1. The van der Waals surface area contributed by atoms with E-state index in [2.05, 4.69) is 10.1 Å². The first-order chi connectivity index (χ1) is 14.5. The minimum Gasteiger partial charge on any atom is -0.454 e.